The molecule has 0 saturated carbocycles. The van der Waals surface area contributed by atoms with Gasteiger partial charge in [-0.2, -0.15) is 0 Å². The number of aromatic nitrogens is 2. The molecule has 0 saturated heterocycles. The van der Waals surface area contributed by atoms with Gasteiger partial charge in [0.15, 0.2) is 0 Å². The molecular formula is C16H20N4O. The van der Waals surface area contributed by atoms with Crippen LogP contribution in [0.25, 0.3) is 6.08 Å². The van der Waals surface area contributed by atoms with Crippen LogP contribution >= 0.6 is 0 Å². The lowest BCUT2D eigenvalue weighted by atomic mass is 10.2. The Hall–Kier alpha value is -2.56. The minimum absolute atomic E-state index is 0.709. The first-order valence-corrected chi connectivity index (χ1v) is 6.67. The maximum atomic E-state index is 5.18. The van der Waals surface area contributed by atoms with Gasteiger partial charge in [0, 0.05) is 19.8 Å². The van der Waals surface area contributed by atoms with E-state index in [0.29, 0.717) is 5.82 Å². The number of aryl methyl sites for hydroxylation is 1. The van der Waals surface area contributed by atoms with Crippen LogP contribution in [-0.4, -0.2) is 31.2 Å². The van der Waals surface area contributed by atoms with E-state index in [9.17, 15) is 0 Å². The number of benzene rings is 1. The summed E-state index contributed by atoms with van der Waals surface area (Å²) in [5, 5.41) is 3.08. The van der Waals surface area contributed by atoms with E-state index in [4.69, 9.17) is 4.74 Å². The zero-order valence-corrected chi connectivity index (χ0v) is 12.8. The molecule has 0 amide bonds. The lowest BCUT2D eigenvalue weighted by molar-refractivity contribution is 0.415. The van der Waals surface area contributed by atoms with Crippen molar-refractivity contribution in [1.29, 1.82) is 0 Å². The summed E-state index contributed by atoms with van der Waals surface area (Å²) in [5.74, 6) is 3.12. The van der Waals surface area contributed by atoms with Crippen molar-refractivity contribution in [3.8, 4) is 5.75 Å². The van der Waals surface area contributed by atoms with Crippen LogP contribution < -0.4 is 15.0 Å². The lowest BCUT2D eigenvalue weighted by Crippen LogP contribution is -2.15. The van der Waals surface area contributed by atoms with E-state index in [2.05, 4.69) is 21.9 Å². The molecule has 0 fully saturated rings. The highest BCUT2D eigenvalue weighted by Gasteiger charge is 2.14. The van der Waals surface area contributed by atoms with Gasteiger partial charge in [0.1, 0.15) is 23.2 Å². The van der Waals surface area contributed by atoms with Gasteiger partial charge in [0.05, 0.1) is 12.7 Å². The summed E-state index contributed by atoms with van der Waals surface area (Å²) in [6.07, 6.45) is 1.76. The molecule has 0 unspecified atom stereocenters. The fourth-order valence-corrected chi connectivity index (χ4v) is 2.13. The Balaban J connectivity index is 2.48. The molecule has 110 valence electrons. The first kappa shape index (κ1) is 14.8. The molecule has 1 N–H and O–H groups in total. The molecule has 2 aromatic rings. The Kier molecular flexibility index (Phi) is 4.42. The third kappa shape index (κ3) is 2.97. The number of nitrogens with one attached hydrogen (secondary N) is 1. The first-order valence-electron chi connectivity index (χ1n) is 6.67. The molecule has 2 rings (SSSR count). The summed E-state index contributed by atoms with van der Waals surface area (Å²) in [7, 11) is 5.46. The maximum Gasteiger partial charge on any atom is 0.145 e. The van der Waals surface area contributed by atoms with Crippen LogP contribution in [0.15, 0.2) is 30.8 Å². The van der Waals surface area contributed by atoms with Crippen LogP contribution in [-0.2, 0) is 0 Å². The molecule has 1 aromatic heterocycles. The fraction of sp³-hybridized carbons (Fsp3) is 0.250. The third-order valence-corrected chi connectivity index (χ3v) is 3.26. The molecule has 0 atom stereocenters. The zero-order valence-electron chi connectivity index (χ0n) is 12.8. The van der Waals surface area contributed by atoms with Gasteiger partial charge in [-0.25, -0.2) is 9.97 Å². The SMILES string of the molecule is C=Cc1c(NC)nc(C)nc1N(C)c1ccc(OC)cc1. The van der Waals surface area contributed by atoms with Crippen molar-refractivity contribution in [2.45, 2.75) is 6.92 Å². The summed E-state index contributed by atoms with van der Waals surface area (Å²) in [6, 6.07) is 7.82. The molecule has 0 aliphatic carbocycles. The Morgan fingerprint density at radius 1 is 1.24 bits per heavy atom. The molecule has 0 aliphatic heterocycles. The van der Waals surface area contributed by atoms with Gasteiger partial charge >= 0.3 is 0 Å². The molecule has 5 nitrogen and oxygen atoms in total. The highest BCUT2D eigenvalue weighted by Crippen LogP contribution is 2.30. The van der Waals surface area contributed by atoms with E-state index >= 15 is 0 Å². The van der Waals surface area contributed by atoms with E-state index in [0.717, 1.165) is 28.6 Å². The largest absolute Gasteiger partial charge is 0.497 e. The Morgan fingerprint density at radius 2 is 1.90 bits per heavy atom. The predicted octanol–water partition coefficient (Wildman–Crippen LogP) is 3.25. The normalized spacial score (nSPS) is 10.1. The quantitative estimate of drug-likeness (QED) is 0.913. The van der Waals surface area contributed by atoms with Gasteiger partial charge in [0.2, 0.25) is 0 Å². The molecule has 0 radical (unpaired) electrons. The van der Waals surface area contributed by atoms with E-state index in [-0.39, 0.29) is 0 Å². The van der Waals surface area contributed by atoms with Crippen molar-refractivity contribution in [3.63, 3.8) is 0 Å². The van der Waals surface area contributed by atoms with Gasteiger partial charge in [0.25, 0.3) is 0 Å². The van der Waals surface area contributed by atoms with Crippen molar-refractivity contribution in [2.75, 3.05) is 31.4 Å². The number of hydrogen-bond donors (Lipinski definition) is 1. The standard InChI is InChI=1S/C16H20N4O/c1-6-14-15(17-3)18-11(2)19-16(14)20(4)12-7-9-13(21-5)10-8-12/h6-10H,1H2,2-5H3,(H,17,18,19). The molecular weight excluding hydrogens is 264 g/mol. The number of hydrogen-bond acceptors (Lipinski definition) is 5. The second-order valence-corrected chi connectivity index (χ2v) is 4.57. The van der Waals surface area contributed by atoms with Crippen LogP contribution in [0.5, 0.6) is 5.75 Å². The monoisotopic (exact) mass is 284 g/mol. The van der Waals surface area contributed by atoms with E-state index in [1.54, 1.807) is 13.2 Å². The minimum Gasteiger partial charge on any atom is -0.497 e. The van der Waals surface area contributed by atoms with E-state index in [1.807, 2.05) is 50.2 Å². The fourth-order valence-electron chi connectivity index (χ4n) is 2.13. The zero-order chi connectivity index (χ0) is 15.4. The Bertz CT molecular complexity index is 637. The molecule has 0 spiro atoms. The first-order chi connectivity index (χ1) is 10.1. The summed E-state index contributed by atoms with van der Waals surface area (Å²) < 4.78 is 5.18. The molecule has 1 heterocycles. The van der Waals surface area contributed by atoms with Crippen LogP contribution in [0.4, 0.5) is 17.3 Å². The summed E-state index contributed by atoms with van der Waals surface area (Å²) >= 11 is 0. The number of nitrogens with zero attached hydrogens (tertiary/aromatic N) is 3. The van der Waals surface area contributed by atoms with Crippen molar-refractivity contribution >= 4 is 23.4 Å². The van der Waals surface area contributed by atoms with Crippen molar-refractivity contribution in [3.05, 3.63) is 42.2 Å². The van der Waals surface area contributed by atoms with Crippen LogP contribution in [0.3, 0.4) is 0 Å². The van der Waals surface area contributed by atoms with Gasteiger partial charge < -0.3 is 15.0 Å². The number of methoxy groups -OCH3 is 1. The minimum atomic E-state index is 0.709. The summed E-state index contributed by atoms with van der Waals surface area (Å²) in [5.41, 5.74) is 1.89. The molecule has 0 bridgehead atoms. The van der Waals surface area contributed by atoms with E-state index in [1.165, 1.54) is 0 Å². The van der Waals surface area contributed by atoms with Crippen molar-refractivity contribution in [2.24, 2.45) is 0 Å². The molecule has 21 heavy (non-hydrogen) atoms. The Labute approximate surface area is 125 Å². The molecule has 1 aromatic carbocycles. The lowest BCUT2D eigenvalue weighted by Gasteiger charge is -2.22. The second kappa shape index (κ2) is 6.26. The average molecular weight is 284 g/mol. The van der Waals surface area contributed by atoms with Gasteiger partial charge in [-0.3, -0.25) is 0 Å². The smallest absolute Gasteiger partial charge is 0.145 e. The van der Waals surface area contributed by atoms with E-state index < -0.39 is 0 Å². The Morgan fingerprint density at radius 3 is 2.43 bits per heavy atom. The third-order valence-electron chi connectivity index (χ3n) is 3.26. The van der Waals surface area contributed by atoms with Crippen molar-refractivity contribution in [1.82, 2.24) is 9.97 Å². The highest BCUT2D eigenvalue weighted by atomic mass is 16.5. The van der Waals surface area contributed by atoms with Gasteiger partial charge in [-0.15, -0.1) is 0 Å². The molecule has 0 aliphatic rings. The van der Waals surface area contributed by atoms with Crippen LogP contribution in [0.1, 0.15) is 11.4 Å². The number of anilines is 3. The maximum absolute atomic E-state index is 5.18. The second-order valence-electron chi connectivity index (χ2n) is 4.57. The van der Waals surface area contributed by atoms with Crippen LogP contribution in [0.2, 0.25) is 0 Å². The summed E-state index contributed by atoms with van der Waals surface area (Å²) in [6.45, 7) is 5.74. The van der Waals surface area contributed by atoms with Crippen molar-refractivity contribution < 1.29 is 4.74 Å². The molecule has 5 heteroatoms. The topological polar surface area (TPSA) is 50.3 Å². The number of rotatable bonds is 5. The highest BCUT2D eigenvalue weighted by molar-refractivity contribution is 5.76. The van der Waals surface area contributed by atoms with Gasteiger partial charge in [-0.1, -0.05) is 12.7 Å². The predicted molar refractivity (Wildman–Crippen MR) is 87.5 cm³/mol. The van der Waals surface area contributed by atoms with Crippen LogP contribution in [0, 0.1) is 6.92 Å². The average Bonchev–Trinajstić information content (AvgIpc) is 2.53. The summed E-state index contributed by atoms with van der Waals surface area (Å²) in [4.78, 5) is 10.9. The number of ether oxygens (including phenoxy) is 1. The van der Waals surface area contributed by atoms with Gasteiger partial charge in [-0.05, 0) is 31.2 Å².